The number of aromatic nitrogens is 4. The molecule has 0 spiro atoms. The number of para-hydroxylation sites is 2. The van der Waals surface area contributed by atoms with Crippen molar-refractivity contribution in [1.29, 1.82) is 0 Å². The van der Waals surface area contributed by atoms with Crippen molar-refractivity contribution in [2.75, 3.05) is 0 Å². The molecular formula is C81H76N4OPt-2. The van der Waals surface area contributed by atoms with Gasteiger partial charge in [-0.25, -0.2) is 4.98 Å². The predicted octanol–water partition coefficient (Wildman–Crippen LogP) is 20.5. The molecule has 3 aromatic heterocycles. The fourth-order valence-electron chi connectivity index (χ4n) is 11.1. The number of imidazole rings is 1. The first-order chi connectivity index (χ1) is 57.6. The third kappa shape index (κ3) is 10.6. The van der Waals surface area contributed by atoms with Crippen LogP contribution in [0.4, 0.5) is 0 Å². The van der Waals surface area contributed by atoms with E-state index in [9.17, 15) is 38.4 Å². The summed E-state index contributed by atoms with van der Waals surface area (Å²) in [7, 11) is 0. The summed E-state index contributed by atoms with van der Waals surface area (Å²) in [6.07, 6.45) is -16.7. The van der Waals surface area contributed by atoms with E-state index in [-0.39, 0.29) is 49.3 Å². The average Bonchev–Trinajstić information content (AvgIpc) is 0.964. The van der Waals surface area contributed by atoms with E-state index in [4.69, 9.17) is 26.2 Å². The molecule has 2 aliphatic rings. The monoisotopic (exact) mass is 1360 g/mol. The van der Waals surface area contributed by atoms with E-state index >= 15 is 0 Å². The summed E-state index contributed by atoms with van der Waals surface area (Å²) in [5.41, 5.74) is -30.3. The molecule has 12 aromatic rings. The molecule has 0 saturated carbocycles. The first-order valence-electron chi connectivity index (χ1n) is 47.3. The summed E-state index contributed by atoms with van der Waals surface area (Å²) in [4.78, 5) is 4.73. The molecule has 0 radical (unpaired) electrons. The summed E-state index contributed by atoms with van der Waals surface area (Å²) >= 11 is 0. The summed E-state index contributed by atoms with van der Waals surface area (Å²) in [5, 5.41) is 1.39. The zero-order valence-electron chi connectivity index (χ0n) is 86.6. The summed E-state index contributed by atoms with van der Waals surface area (Å²) in [6.45, 7) is -31.4. The van der Waals surface area contributed by atoms with Crippen LogP contribution >= 0.6 is 0 Å². The van der Waals surface area contributed by atoms with Crippen molar-refractivity contribution in [1.82, 2.24) is 14.1 Å². The van der Waals surface area contributed by atoms with E-state index in [1.165, 1.54) is 22.9 Å². The maximum Gasteiger partial charge on any atom is 0.268 e. The van der Waals surface area contributed by atoms with Crippen molar-refractivity contribution >= 4 is 32.8 Å². The van der Waals surface area contributed by atoms with Crippen LogP contribution in [0.3, 0.4) is 0 Å². The van der Waals surface area contributed by atoms with Crippen molar-refractivity contribution in [2.24, 2.45) is 5.41 Å². The first-order valence-corrected chi connectivity index (χ1v) is 27.3. The van der Waals surface area contributed by atoms with Crippen LogP contribution in [-0.2, 0) is 49.1 Å². The molecule has 438 valence electrons. The van der Waals surface area contributed by atoms with Crippen LogP contribution in [0, 0.1) is 23.9 Å². The van der Waals surface area contributed by atoms with Crippen LogP contribution in [0.25, 0.3) is 94.5 Å². The van der Waals surface area contributed by atoms with Crippen molar-refractivity contribution in [3.8, 4) is 73.2 Å². The number of nitrogens with zero attached hydrogens (tertiary/aromatic N) is 4. The second kappa shape index (κ2) is 21.6. The molecule has 0 bridgehead atoms. The van der Waals surface area contributed by atoms with E-state index in [1.807, 2.05) is 24.3 Å². The third-order valence-electron chi connectivity index (χ3n) is 15.0. The molecule has 0 atom stereocenters. The van der Waals surface area contributed by atoms with Crippen molar-refractivity contribution in [3.05, 3.63) is 246 Å². The van der Waals surface area contributed by atoms with Gasteiger partial charge in [-0.15, -0.1) is 35.2 Å². The number of benzene rings is 9. The normalized spacial score (nSPS) is 26.1. The summed E-state index contributed by atoms with van der Waals surface area (Å²) in [5.74, 6) is 0.245. The van der Waals surface area contributed by atoms with Crippen molar-refractivity contribution < 1.29 is 85.2 Å². The van der Waals surface area contributed by atoms with Gasteiger partial charge in [0.15, 0.2) is 0 Å². The smallest absolute Gasteiger partial charge is 0.268 e. The van der Waals surface area contributed by atoms with E-state index in [2.05, 4.69) is 18.5 Å². The minimum absolute atomic E-state index is 0. The van der Waals surface area contributed by atoms with Gasteiger partial charge in [0, 0.05) is 90.9 Å². The molecule has 3 heterocycles. The van der Waals surface area contributed by atoms with E-state index in [0.29, 0.717) is 50.1 Å². The molecule has 0 fully saturated rings. The Bertz CT molecular complexity index is 6200. The SMILES string of the molecule is [2H]c1c([2H])c2c(c([2H])c1-c1cccc(-c3c([2H])c([2H])c4c(c3[2H])C(C([2H])([2H])[2H])(C([2H])([2H])[2H])C([2H])([2H])C([2H])([2H])C4(C([2H])([2H])[2H])C([2H])([2H])[2H])c1-[n+]1[c-]n(-c3[c-]c(Oc4[c-]c5c(cc4)c4ccccc4n5-c4cc(C([2H])([2H])C(C)(C)C)ccn4)cc(-c4ccccc4)c3)c3cc(-c4ccccc4)ccc31)C(C([2H])([2H])[2H])(C([2H])([2H])[2H])C([2H])([2H])C([2H])([2H])C2(C([2H])([2H])[2H])C([2H])([2H])[2H].[Pt]. The second-order valence-electron chi connectivity index (χ2n) is 22.3. The average molecular weight is 1360 g/mol. The van der Waals surface area contributed by atoms with E-state index in [0.717, 1.165) is 28.2 Å². The van der Waals surface area contributed by atoms with Crippen molar-refractivity contribution in [3.63, 3.8) is 0 Å². The molecule has 9 aromatic carbocycles. The van der Waals surface area contributed by atoms with Gasteiger partial charge in [0.05, 0.1) is 24.9 Å². The topological polar surface area (TPSA) is 35.9 Å². The number of fused-ring (bicyclic) bond motifs is 6. The summed E-state index contributed by atoms with van der Waals surface area (Å²) in [6, 6.07) is 37.4. The fourth-order valence-corrected chi connectivity index (χ4v) is 11.1. The molecule has 0 N–H and O–H groups in total. The Balaban J connectivity index is 0.0000138. The minimum atomic E-state index is -4.90. The number of hydrogen-bond donors (Lipinski definition) is 0. The fraction of sp³-hybridized carbons (Fsp3) is 0.259. The molecule has 0 amide bonds. The Kier molecular flexibility index (Phi) is 6.95. The molecule has 6 heteroatoms. The third-order valence-corrected chi connectivity index (χ3v) is 15.0. The standard InChI is InChI=1S/C81H76N4O.Pt/c1-77(2,3)51-53-37-42-82-75(43-53)85-71-28-19-18-25-65(71)66-33-32-61(50-73(66)85)86-62-45-59(55-23-16-13-17-24-55)44-60(49-62)83-52-84(72-36-31-56(48-74(72)83)54-21-14-12-15-22-54)76-63(57-29-34-67-69(46-57)80(8,9)40-38-78(67,4)5)26-20-27-64(76)58-30-35-68-70(47-58)81(10,11)41-39-79(68,6)7;/h12-37,42-48H,38-41,51H2,1-11H3;/q-2;/i4D3,5D3,6D3,7D3,8D3,9D3,10D3,11D3,29D,30D,34D,35D,38D2,39D2,40D2,41D2,46D,47D,51D2;. The van der Waals surface area contributed by atoms with Gasteiger partial charge in [-0.2, -0.15) is 12.1 Å². The van der Waals surface area contributed by atoms with Crippen LogP contribution in [0.2, 0.25) is 0 Å². The number of rotatable bonds is 10. The van der Waals surface area contributed by atoms with Gasteiger partial charge in [0.2, 0.25) is 0 Å². The molecular weight excluding hydrogens is 1240 g/mol. The molecule has 0 aliphatic heterocycles. The second-order valence-corrected chi connectivity index (χ2v) is 22.3. The van der Waals surface area contributed by atoms with Gasteiger partial charge in [-0.05, 0) is 161 Å². The van der Waals surface area contributed by atoms with Gasteiger partial charge in [-0.1, -0.05) is 227 Å². The number of hydrogen-bond acceptors (Lipinski definition) is 2. The molecule has 87 heavy (non-hydrogen) atoms. The largest absolute Gasteiger partial charge is 0.510 e. The van der Waals surface area contributed by atoms with E-state index in [1.54, 1.807) is 128 Å². The Labute approximate surface area is 585 Å². The maximum absolute atomic E-state index is 10.6. The molecule has 0 unspecified atom stereocenters. The van der Waals surface area contributed by atoms with Gasteiger partial charge in [0.25, 0.3) is 6.33 Å². The Morgan fingerprint density at radius 1 is 0.563 bits per heavy atom. The molecule has 14 rings (SSSR count). The molecule has 0 saturated heterocycles. The predicted molar refractivity (Wildman–Crippen MR) is 355 cm³/mol. The van der Waals surface area contributed by atoms with Crippen LogP contribution in [0.5, 0.6) is 11.5 Å². The Hall–Kier alpha value is -8.11. The van der Waals surface area contributed by atoms with Crippen molar-refractivity contribution in [2.45, 2.75) is 129 Å². The van der Waals surface area contributed by atoms with Crippen LogP contribution in [-0.4, -0.2) is 14.1 Å². The van der Waals surface area contributed by atoms with Gasteiger partial charge in [0.1, 0.15) is 5.82 Å². The van der Waals surface area contributed by atoms with Gasteiger partial charge >= 0.3 is 0 Å². The Morgan fingerprint density at radius 2 is 1.16 bits per heavy atom. The first kappa shape index (κ1) is 27.9. The van der Waals surface area contributed by atoms with Gasteiger partial charge < -0.3 is 13.9 Å². The Morgan fingerprint density at radius 3 is 1.78 bits per heavy atom. The van der Waals surface area contributed by atoms with Crippen LogP contribution in [0.1, 0.15) is 184 Å². The summed E-state index contributed by atoms with van der Waals surface area (Å²) < 4.78 is 387. The van der Waals surface area contributed by atoms with Crippen LogP contribution in [0.15, 0.2) is 200 Å². The van der Waals surface area contributed by atoms with E-state index < -0.39 is 200 Å². The zero-order valence-corrected chi connectivity index (χ0v) is 48.9. The van der Waals surface area contributed by atoms with Gasteiger partial charge in [-0.3, -0.25) is 4.57 Å². The number of pyridine rings is 1. The molecule has 2 aliphatic carbocycles. The number of ether oxygens (including phenoxy) is 1. The zero-order chi connectivity index (χ0) is 93.7. The maximum atomic E-state index is 10.6. The van der Waals surface area contributed by atoms with Crippen LogP contribution < -0.4 is 9.30 Å². The molecule has 5 nitrogen and oxygen atoms in total. The quantitative estimate of drug-likeness (QED) is 0.101. The minimum Gasteiger partial charge on any atom is -0.510 e.